The lowest BCUT2D eigenvalue weighted by Crippen LogP contribution is -2.36. The molecule has 1 aromatic carbocycles. The lowest BCUT2D eigenvalue weighted by molar-refractivity contribution is 0.0725. The highest BCUT2D eigenvalue weighted by molar-refractivity contribution is 5.92. The molecule has 0 atom stereocenters. The maximum atomic E-state index is 12.4. The van der Waals surface area contributed by atoms with Gasteiger partial charge in [0.2, 0.25) is 0 Å². The molecule has 1 amide bonds. The van der Waals surface area contributed by atoms with E-state index in [2.05, 4.69) is 23.2 Å². The van der Waals surface area contributed by atoms with E-state index in [-0.39, 0.29) is 5.91 Å². The van der Waals surface area contributed by atoms with Crippen LogP contribution in [0.5, 0.6) is 0 Å². The molecule has 1 aliphatic rings. The molecule has 18 heavy (non-hydrogen) atoms. The summed E-state index contributed by atoms with van der Waals surface area (Å²) in [6, 6.07) is 8.31. The van der Waals surface area contributed by atoms with E-state index in [1.807, 2.05) is 18.0 Å². The Bertz CT molecular complexity index is 588. The average molecular weight is 241 g/mol. The summed E-state index contributed by atoms with van der Waals surface area (Å²) in [5.41, 5.74) is 3.25. The number of nitrogens with zero attached hydrogens (tertiary/aromatic N) is 3. The molecule has 0 N–H and O–H groups in total. The van der Waals surface area contributed by atoms with Crippen LogP contribution in [0.1, 0.15) is 21.6 Å². The van der Waals surface area contributed by atoms with E-state index in [0.29, 0.717) is 12.2 Å². The first-order chi connectivity index (χ1) is 8.75. The molecular formula is C14H15N3O. The second kappa shape index (κ2) is 4.29. The van der Waals surface area contributed by atoms with Gasteiger partial charge in [-0.2, -0.15) is 0 Å². The van der Waals surface area contributed by atoms with Gasteiger partial charge in [-0.05, 0) is 17.5 Å². The minimum Gasteiger partial charge on any atom is -0.333 e. The van der Waals surface area contributed by atoms with Crippen LogP contribution in [0, 0.1) is 0 Å². The summed E-state index contributed by atoms with van der Waals surface area (Å²) in [5.74, 6) is 0.0597. The number of hydrogen-bond donors (Lipinski definition) is 0. The molecule has 2 aromatic rings. The Balaban J connectivity index is 1.84. The van der Waals surface area contributed by atoms with Gasteiger partial charge in [0.05, 0.1) is 12.5 Å². The highest BCUT2D eigenvalue weighted by atomic mass is 16.2. The van der Waals surface area contributed by atoms with E-state index in [9.17, 15) is 4.79 Å². The number of amides is 1. The maximum Gasteiger partial charge on any atom is 0.272 e. The summed E-state index contributed by atoms with van der Waals surface area (Å²) < 4.78 is 1.77. The van der Waals surface area contributed by atoms with Crippen molar-refractivity contribution in [2.45, 2.75) is 13.0 Å². The van der Waals surface area contributed by atoms with Crippen LogP contribution < -0.4 is 0 Å². The van der Waals surface area contributed by atoms with Crippen LogP contribution in [0.15, 0.2) is 36.8 Å². The number of aromatic nitrogens is 2. The van der Waals surface area contributed by atoms with Gasteiger partial charge >= 0.3 is 0 Å². The van der Waals surface area contributed by atoms with Gasteiger partial charge in [-0.15, -0.1) is 0 Å². The predicted molar refractivity (Wildman–Crippen MR) is 68.1 cm³/mol. The van der Waals surface area contributed by atoms with Gasteiger partial charge in [-0.1, -0.05) is 24.3 Å². The van der Waals surface area contributed by atoms with Crippen molar-refractivity contribution in [2.24, 2.45) is 7.05 Å². The van der Waals surface area contributed by atoms with Crippen molar-refractivity contribution in [1.29, 1.82) is 0 Å². The number of carbonyl (C=O) groups excluding carboxylic acids is 1. The fourth-order valence-corrected chi connectivity index (χ4v) is 2.39. The average Bonchev–Trinajstić information content (AvgIpc) is 2.83. The molecule has 92 valence electrons. The third kappa shape index (κ3) is 1.79. The highest BCUT2D eigenvalue weighted by Crippen LogP contribution is 2.19. The Morgan fingerprint density at radius 1 is 1.28 bits per heavy atom. The van der Waals surface area contributed by atoms with Gasteiger partial charge in [0.25, 0.3) is 5.91 Å². The molecule has 0 saturated carbocycles. The van der Waals surface area contributed by atoms with Gasteiger partial charge in [0, 0.05) is 20.1 Å². The van der Waals surface area contributed by atoms with Crippen LogP contribution in [0.2, 0.25) is 0 Å². The zero-order valence-electron chi connectivity index (χ0n) is 10.3. The minimum absolute atomic E-state index is 0.0597. The fraction of sp³-hybridized carbons (Fsp3) is 0.286. The van der Waals surface area contributed by atoms with Crippen molar-refractivity contribution in [1.82, 2.24) is 14.5 Å². The van der Waals surface area contributed by atoms with Crippen LogP contribution >= 0.6 is 0 Å². The zero-order valence-corrected chi connectivity index (χ0v) is 10.3. The quantitative estimate of drug-likeness (QED) is 0.761. The van der Waals surface area contributed by atoms with Crippen molar-refractivity contribution >= 4 is 5.91 Å². The van der Waals surface area contributed by atoms with E-state index in [1.54, 1.807) is 17.1 Å². The predicted octanol–water partition coefficient (Wildman–Crippen LogP) is 1.62. The largest absolute Gasteiger partial charge is 0.333 e. The monoisotopic (exact) mass is 241 g/mol. The van der Waals surface area contributed by atoms with Crippen molar-refractivity contribution < 1.29 is 4.79 Å². The summed E-state index contributed by atoms with van der Waals surface area (Å²) in [7, 11) is 1.85. The first-order valence-corrected chi connectivity index (χ1v) is 6.08. The Morgan fingerprint density at radius 3 is 2.78 bits per heavy atom. The van der Waals surface area contributed by atoms with E-state index < -0.39 is 0 Å². The van der Waals surface area contributed by atoms with Crippen LogP contribution in [0.4, 0.5) is 0 Å². The number of benzene rings is 1. The van der Waals surface area contributed by atoms with Crippen LogP contribution in [0.3, 0.4) is 0 Å². The first-order valence-electron chi connectivity index (χ1n) is 6.08. The Labute approximate surface area is 106 Å². The molecule has 0 bridgehead atoms. The van der Waals surface area contributed by atoms with Gasteiger partial charge in [-0.3, -0.25) is 4.79 Å². The number of carbonyl (C=O) groups is 1. The second-order valence-corrected chi connectivity index (χ2v) is 4.64. The molecule has 0 fully saturated rings. The number of rotatable bonds is 1. The molecule has 0 saturated heterocycles. The lowest BCUT2D eigenvalue weighted by atomic mass is 10.00. The Morgan fingerprint density at radius 2 is 2.06 bits per heavy atom. The molecule has 1 aromatic heterocycles. The van der Waals surface area contributed by atoms with Crippen LogP contribution in [-0.4, -0.2) is 26.9 Å². The maximum absolute atomic E-state index is 12.4. The molecule has 0 radical (unpaired) electrons. The SMILES string of the molecule is Cn1cncc1C(=O)N1CCc2ccccc2C1. The number of imidazole rings is 1. The summed E-state index contributed by atoms with van der Waals surface area (Å²) >= 11 is 0. The lowest BCUT2D eigenvalue weighted by Gasteiger charge is -2.28. The van der Waals surface area contributed by atoms with Crippen molar-refractivity contribution in [2.75, 3.05) is 6.54 Å². The molecule has 3 rings (SSSR count). The molecule has 4 heteroatoms. The molecular weight excluding hydrogens is 226 g/mol. The number of aryl methyl sites for hydroxylation is 1. The molecule has 1 aliphatic heterocycles. The topological polar surface area (TPSA) is 38.1 Å². The minimum atomic E-state index is 0.0597. The standard InChI is InChI=1S/C14H15N3O/c1-16-10-15-8-13(16)14(18)17-7-6-11-4-2-3-5-12(11)9-17/h2-5,8,10H,6-7,9H2,1H3. The summed E-state index contributed by atoms with van der Waals surface area (Å²) in [4.78, 5) is 18.2. The van der Waals surface area contributed by atoms with Gasteiger partial charge < -0.3 is 9.47 Å². The third-order valence-electron chi connectivity index (χ3n) is 3.45. The molecule has 4 nitrogen and oxygen atoms in total. The zero-order chi connectivity index (χ0) is 12.5. The third-order valence-corrected chi connectivity index (χ3v) is 3.45. The Kier molecular flexibility index (Phi) is 2.63. The molecule has 0 unspecified atom stereocenters. The smallest absolute Gasteiger partial charge is 0.272 e. The molecule has 0 spiro atoms. The summed E-state index contributed by atoms with van der Waals surface area (Å²) in [5, 5.41) is 0. The van der Waals surface area contributed by atoms with E-state index in [0.717, 1.165) is 13.0 Å². The van der Waals surface area contributed by atoms with E-state index in [4.69, 9.17) is 0 Å². The van der Waals surface area contributed by atoms with Crippen molar-refractivity contribution in [3.8, 4) is 0 Å². The van der Waals surface area contributed by atoms with Gasteiger partial charge in [0.15, 0.2) is 0 Å². The van der Waals surface area contributed by atoms with Gasteiger partial charge in [-0.25, -0.2) is 4.98 Å². The number of hydrogen-bond acceptors (Lipinski definition) is 2. The van der Waals surface area contributed by atoms with E-state index in [1.165, 1.54) is 11.1 Å². The first kappa shape index (κ1) is 11.0. The van der Waals surface area contributed by atoms with Crippen molar-refractivity contribution in [3.63, 3.8) is 0 Å². The highest BCUT2D eigenvalue weighted by Gasteiger charge is 2.22. The molecule has 0 aliphatic carbocycles. The fourth-order valence-electron chi connectivity index (χ4n) is 2.39. The van der Waals surface area contributed by atoms with E-state index >= 15 is 0 Å². The normalized spacial score (nSPS) is 14.4. The second-order valence-electron chi connectivity index (χ2n) is 4.64. The molecule has 2 heterocycles. The van der Waals surface area contributed by atoms with Gasteiger partial charge in [0.1, 0.15) is 5.69 Å². The van der Waals surface area contributed by atoms with Crippen LogP contribution in [0.25, 0.3) is 0 Å². The Hall–Kier alpha value is -2.10. The number of fused-ring (bicyclic) bond motifs is 1. The summed E-state index contributed by atoms with van der Waals surface area (Å²) in [6.07, 6.45) is 4.22. The van der Waals surface area contributed by atoms with Crippen LogP contribution in [-0.2, 0) is 20.0 Å². The van der Waals surface area contributed by atoms with Crippen molar-refractivity contribution in [3.05, 3.63) is 53.6 Å². The summed E-state index contributed by atoms with van der Waals surface area (Å²) in [6.45, 7) is 1.47.